The first-order valence-corrected chi connectivity index (χ1v) is 10.2. The Hall–Kier alpha value is -2.04. The van der Waals surface area contributed by atoms with Crippen molar-refractivity contribution in [2.75, 3.05) is 6.54 Å². The summed E-state index contributed by atoms with van der Waals surface area (Å²) in [5.41, 5.74) is 1.65. The van der Waals surface area contributed by atoms with Crippen LogP contribution in [0.25, 0.3) is 0 Å². The van der Waals surface area contributed by atoms with Gasteiger partial charge in [-0.05, 0) is 36.6 Å². The van der Waals surface area contributed by atoms with E-state index in [0.717, 1.165) is 18.4 Å². The normalized spacial score (nSPS) is 11.7. The zero-order valence-corrected chi connectivity index (χ0v) is 17.8. The van der Waals surface area contributed by atoms with Gasteiger partial charge in [0.2, 0.25) is 11.8 Å². The Morgan fingerprint density at radius 2 is 1.82 bits per heavy atom. The Kier molecular flexibility index (Phi) is 8.81. The topological polar surface area (TPSA) is 49.4 Å². The van der Waals surface area contributed by atoms with Gasteiger partial charge in [-0.3, -0.25) is 9.59 Å². The molecule has 2 aromatic carbocycles. The van der Waals surface area contributed by atoms with Crippen molar-refractivity contribution in [3.63, 3.8) is 0 Å². The molecule has 0 spiro atoms. The Labute approximate surface area is 176 Å². The van der Waals surface area contributed by atoms with Crippen molar-refractivity contribution in [2.45, 2.75) is 45.7 Å². The maximum absolute atomic E-state index is 13.1. The molecule has 0 heterocycles. The van der Waals surface area contributed by atoms with Gasteiger partial charge in [0.25, 0.3) is 0 Å². The second kappa shape index (κ2) is 11.1. The van der Waals surface area contributed by atoms with Crippen LogP contribution >= 0.6 is 23.2 Å². The van der Waals surface area contributed by atoms with Crippen molar-refractivity contribution >= 4 is 35.0 Å². The number of carbonyl (C=O) groups is 2. The number of hydrogen-bond acceptors (Lipinski definition) is 2. The molecule has 2 amide bonds. The van der Waals surface area contributed by atoms with E-state index in [1.807, 2.05) is 30.3 Å². The summed E-state index contributed by atoms with van der Waals surface area (Å²) in [7, 11) is 0. The summed E-state index contributed by atoms with van der Waals surface area (Å²) in [6.45, 7) is 4.78. The Morgan fingerprint density at radius 1 is 1.11 bits per heavy atom. The van der Waals surface area contributed by atoms with E-state index < -0.39 is 6.04 Å². The van der Waals surface area contributed by atoms with Crippen molar-refractivity contribution in [2.24, 2.45) is 0 Å². The maximum atomic E-state index is 13.1. The average Bonchev–Trinajstić information content (AvgIpc) is 2.68. The molecule has 0 fully saturated rings. The summed E-state index contributed by atoms with van der Waals surface area (Å²) in [4.78, 5) is 27.3. The fourth-order valence-electron chi connectivity index (χ4n) is 2.83. The van der Waals surface area contributed by atoms with Crippen molar-refractivity contribution in [1.82, 2.24) is 10.2 Å². The first-order valence-electron chi connectivity index (χ1n) is 9.47. The van der Waals surface area contributed by atoms with Gasteiger partial charge < -0.3 is 10.2 Å². The highest BCUT2D eigenvalue weighted by molar-refractivity contribution is 6.35. The fourth-order valence-corrected chi connectivity index (χ4v) is 3.30. The Morgan fingerprint density at radius 3 is 2.46 bits per heavy atom. The first kappa shape index (κ1) is 22.3. The number of halogens is 2. The molecule has 2 rings (SSSR count). The molecule has 0 unspecified atom stereocenters. The highest BCUT2D eigenvalue weighted by Gasteiger charge is 2.26. The molecule has 1 atom stereocenters. The lowest BCUT2D eigenvalue weighted by atomic mass is 10.1. The third-order valence-corrected chi connectivity index (χ3v) is 5.14. The molecule has 0 aliphatic heterocycles. The molecule has 0 aliphatic rings. The monoisotopic (exact) mass is 420 g/mol. The van der Waals surface area contributed by atoms with Gasteiger partial charge in [-0.1, -0.05) is 72.9 Å². The van der Waals surface area contributed by atoms with Crippen LogP contribution in [0.15, 0.2) is 48.5 Å². The minimum atomic E-state index is -0.587. The molecule has 2 aromatic rings. The highest BCUT2D eigenvalue weighted by atomic mass is 35.5. The van der Waals surface area contributed by atoms with Crippen molar-refractivity contribution in [3.05, 3.63) is 69.7 Å². The standard InChI is InChI=1S/C22H26Cl2N2O2/c1-3-4-12-25-22(28)16(2)26(15-17-8-6-5-7-9-17)21(27)13-18-10-11-19(23)14-20(18)24/h5-11,14,16H,3-4,12-13,15H2,1-2H3,(H,25,28)/t16-/m0/s1. The summed E-state index contributed by atoms with van der Waals surface area (Å²) in [5, 5.41) is 3.88. The van der Waals surface area contributed by atoms with Gasteiger partial charge in [0.05, 0.1) is 6.42 Å². The van der Waals surface area contributed by atoms with E-state index in [0.29, 0.717) is 28.7 Å². The maximum Gasteiger partial charge on any atom is 0.242 e. The number of amides is 2. The van der Waals surface area contributed by atoms with Gasteiger partial charge in [-0.25, -0.2) is 0 Å². The van der Waals surface area contributed by atoms with Crippen LogP contribution in [0.3, 0.4) is 0 Å². The SMILES string of the molecule is CCCCNC(=O)[C@H](C)N(Cc1ccccc1)C(=O)Cc1ccc(Cl)cc1Cl. The van der Waals surface area contributed by atoms with Crippen LogP contribution in [0.1, 0.15) is 37.8 Å². The number of nitrogens with zero attached hydrogens (tertiary/aromatic N) is 1. The zero-order valence-electron chi connectivity index (χ0n) is 16.3. The van der Waals surface area contributed by atoms with Crippen LogP contribution in [-0.2, 0) is 22.6 Å². The number of unbranched alkanes of at least 4 members (excludes halogenated alkanes) is 1. The predicted molar refractivity (Wildman–Crippen MR) is 115 cm³/mol. The van der Waals surface area contributed by atoms with Gasteiger partial charge in [-0.15, -0.1) is 0 Å². The molecule has 0 radical (unpaired) electrons. The van der Waals surface area contributed by atoms with E-state index >= 15 is 0 Å². The third-order valence-electron chi connectivity index (χ3n) is 4.55. The average molecular weight is 421 g/mol. The van der Waals surface area contributed by atoms with E-state index in [9.17, 15) is 9.59 Å². The molecule has 0 aromatic heterocycles. The Balaban J connectivity index is 2.18. The molecule has 0 aliphatic carbocycles. The summed E-state index contributed by atoms with van der Waals surface area (Å²) < 4.78 is 0. The number of rotatable bonds is 9. The fraction of sp³-hybridized carbons (Fsp3) is 0.364. The molecule has 0 saturated heterocycles. The largest absolute Gasteiger partial charge is 0.354 e. The van der Waals surface area contributed by atoms with Gasteiger partial charge >= 0.3 is 0 Å². The van der Waals surface area contributed by atoms with Crippen LogP contribution in [0.5, 0.6) is 0 Å². The van der Waals surface area contributed by atoms with Crippen molar-refractivity contribution in [3.8, 4) is 0 Å². The van der Waals surface area contributed by atoms with E-state index in [4.69, 9.17) is 23.2 Å². The molecule has 6 heteroatoms. The molecular formula is C22H26Cl2N2O2. The summed E-state index contributed by atoms with van der Waals surface area (Å²) >= 11 is 12.2. The molecular weight excluding hydrogens is 395 g/mol. The van der Waals surface area contributed by atoms with Crippen LogP contribution in [0, 0.1) is 0 Å². The number of hydrogen-bond donors (Lipinski definition) is 1. The molecule has 0 saturated carbocycles. The van der Waals surface area contributed by atoms with Gasteiger partial charge in [0.15, 0.2) is 0 Å². The second-order valence-corrected chi connectivity index (χ2v) is 7.58. The van der Waals surface area contributed by atoms with E-state index in [-0.39, 0.29) is 18.2 Å². The van der Waals surface area contributed by atoms with E-state index in [2.05, 4.69) is 12.2 Å². The lowest BCUT2D eigenvalue weighted by Gasteiger charge is -2.29. The van der Waals surface area contributed by atoms with Gasteiger partial charge in [-0.2, -0.15) is 0 Å². The third kappa shape index (κ3) is 6.54. The molecule has 1 N–H and O–H groups in total. The van der Waals surface area contributed by atoms with Crippen molar-refractivity contribution in [1.29, 1.82) is 0 Å². The van der Waals surface area contributed by atoms with Crippen LogP contribution < -0.4 is 5.32 Å². The van der Waals surface area contributed by atoms with Crippen molar-refractivity contribution < 1.29 is 9.59 Å². The highest BCUT2D eigenvalue weighted by Crippen LogP contribution is 2.22. The number of benzene rings is 2. The van der Waals surface area contributed by atoms with Crippen LogP contribution in [-0.4, -0.2) is 29.3 Å². The predicted octanol–water partition coefficient (Wildman–Crippen LogP) is 4.87. The minimum Gasteiger partial charge on any atom is -0.354 e. The van der Waals surface area contributed by atoms with E-state index in [1.54, 1.807) is 30.0 Å². The van der Waals surface area contributed by atoms with Gasteiger partial charge in [0, 0.05) is 23.1 Å². The zero-order chi connectivity index (χ0) is 20.5. The lowest BCUT2D eigenvalue weighted by molar-refractivity contribution is -0.140. The molecule has 0 bridgehead atoms. The quantitative estimate of drug-likeness (QED) is 0.588. The second-order valence-electron chi connectivity index (χ2n) is 6.74. The van der Waals surface area contributed by atoms with E-state index in [1.165, 1.54) is 0 Å². The van der Waals surface area contributed by atoms with Crippen LogP contribution in [0.2, 0.25) is 10.0 Å². The number of nitrogens with one attached hydrogen (secondary N) is 1. The summed E-state index contributed by atoms with van der Waals surface area (Å²) in [6.07, 6.45) is 2.01. The minimum absolute atomic E-state index is 0.107. The number of carbonyl (C=O) groups excluding carboxylic acids is 2. The lowest BCUT2D eigenvalue weighted by Crippen LogP contribution is -2.48. The molecule has 4 nitrogen and oxygen atoms in total. The first-order chi connectivity index (χ1) is 13.4. The van der Waals surface area contributed by atoms with Gasteiger partial charge in [0.1, 0.15) is 6.04 Å². The Bertz CT molecular complexity index is 796. The smallest absolute Gasteiger partial charge is 0.242 e. The summed E-state index contributed by atoms with van der Waals surface area (Å²) in [5.74, 6) is -0.314. The summed E-state index contributed by atoms with van der Waals surface area (Å²) in [6, 6.07) is 14.1. The van der Waals surface area contributed by atoms with Crippen LogP contribution in [0.4, 0.5) is 0 Å². The molecule has 150 valence electrons. The molecule has 28 heavy (non-hydrogen) atoms.